The van der Waals surface area contributed by atoms with Gasteiger partial charge in [-0.1, -0.05) is 89.0 Å². The summed E-state index contributed by atoms with van der Waals surface area (Å²) >= 11 is 0. The molecule has 1 amide bonds. The highest BCUT2D eigenvalue weighted by atomic mass is 16.1. The maximum Gasteiger partial charge on any atom is 0.227 e. The van der Waals surface area contributed by atoms with Crippen LogP contribution in [0.1, 0.15) is 105 Å². The summed E-state index contributed by atoms with van der Waals surface area (Å²) in [5.41, 5.74) is 4.77. The van der Waals surface area contributed by atoms with Gasteiger partial charge in [-0.25, -0.2) is 0 Å². The molecule has 0 aromatic heterocycles. The summed E-state index contributed by atoms with van der Waals surface area (Å²) in [4.78, 5) is 18.8. The van der Waals surface area contributed by atoms with E-state index in [4.69, 9.17) is 0 Å². The molecule has 5 unspecified atom stereocenters. The zero-order valence-electron chi connectivity index (χ0n) is 25.8. The third-order valence-corrected chi connectivity index (χ3v) is 10.8. The van der Waals surface area contributed by atoms with E-state index in [2.05, 4.69) is 85.8 Å². The summed E-state index contributed by atoms with van der Waals surface area (Å²) in [5.74, 6) is 0.190. The second-order valence-electron chi connectivity index (χ2n) is 13.7. The molecule has 2 heterocycles. The van der Waals surface area contributed by atoms with Gasteiger partial charge in [0.25, 0.3) is 0 Å². The fourth-order valence-electron chi connectivity index (χ4n) is 8.97. The third kappa shape index (κ3) is 5.86. The fraction of sp³-hybridized carbons (Fsp3) is 0.694. The van der Waals surface area contributed by atoms with Gasteiger partial charge in [0.15, 0.2) is 0 Å². The lowest BCUT2D eigenvalue weighted by Gasteiger charge is -2.64. The van der Waals surface area contributed by atoms with Crippen molar-refractivity contribution in [3.8, 4) is 0 Å². The zero-order chi connectivity index (χ0) is 28.3. The van der Waals surface area contributed by atoms with Crippen molar-refractivity contribution in [1.29, 1.82) is 0 Å². The predicted octanol–water partition coefficient (Wildman–Crippen LogP) is 7.50. The average Bonchev–Trinajstić information content (AvgIpc) is 3.42. The van der Waals surface area contributed by atoms with E-state index in [9.17, 15) is 4.79 Å². The van der Waals surface area contributed by atoms with Gasteiger partial charge in [-0.05, 0) is 80.9 Å². The lowest BCUT2D eigenvalue weighted by atomic mass is 9.63. The van der Waals surface area contributed by atoms with Crippen molar-refractivity contribution in [2.24, 2.45) is 11.3 Å². The Kier molecular flexibility index (Phi) is 9.57. The van der Waals surface area contributed by atoms with E-state index in [1.54, 1.807) is 5.57 Å². The van der Waals surface area contributed by atoms with Crippen LogP contribution >= 0.6 is 0 Å². The molecule has 0 bridgehead atoms. The monoisotopic (exact) mass is 545 g/mol. The van der Waals surface area contributed by atoms with Gasteiger partial charge in [-0.15, -0.1) is 6.58 Å². The second-order valence-corrected chi connectivity index (χ2v) is 13.7. The van der Waals surface area contributed by atoms with Crippen molar-refractivity contribution in [1.82, 2.24) is 15.1 Å². The topological polar surface area (TPSA) is 35.6 Å². The molecule has 5 rings (SSSR count). The molecule has 40 heavy (non-hydrogen) atoms. The number of rotatable bonds is 10. The van der Waals surface area contributed by atoms with Gasteiger partial charge in [-0.3, -0.25) is 14.6 Å². The van der Waals surface area contributed by atoms with Gasteiger partial charge in [0.1, 0.15) is 0 Å². The number of hydrogen-bond acceptors (Lipinski definition) is 3. The van der Waals surface area contributed by atoms with Crippen LogP contribution in [0.15, 0.2) is 59.8 Å². The summed E-state index contributed by atoms with van der Waals surface area (Å²) in [6, 6.07) is 2.40. The quantitative estimate of drug-likeness (QED) is 0.289. The normalized spacial score (nSPS) is 32.0. The summed E-state index contributed by atoms with van der Waals surface area (Å²) in [6.07, 6.45) is 28.0. The fourth-order valence-corrected chi connectivity index (χ4v) is 8.97. The van der Waals surface area contributed by atoms with E-state index in [0.29, 0.717) is 35.6 Å². The molecule has 0 radical (unpaired) electrons. The van der Waals surface area contributed by atoms with E-state index in [1.807, 2.05) is 0 Å². The van der Waals surface area contributed by atoms with E-state index in [-0.39, 0.29) is 11.8 Å². The Morgan fingerprint density at radius 1 is 1.15 bits per heavy atom. The van der Waals surface area contributed by atoms with Crippen molar-refractivity contribution in [2.45, 2.75) is 135 Å². The first-order valence-corrected chi connectivity index (χ1v) is 16.6. The molecule has 5 aliphatic rings. The van der Waals surface area contributed by atoms with E-state index in [0.717, 1.165) is 51.6 Å². The van der Waals surface area contributed by atoms with Crippen molar-refractivity contribution < 1.29 is 4.79 Å². The van der Waals surface area contributed by atoms with Crippen LogP contribution in [-0.4, -0.2) is 59.0 Å². The molecule has 5 atom stereocenters. The number of allylic oxidation sites excluding steroid dienone is 4. The van der Waals surface area contributed by atoms with Crippen molar-refractivity contribution in [3.63, 3.8) is 0 Å². The van der Waals surface area contributed by atoms with Gasteiger partial charge in [0, 0.05) is 30.7 Å². The van der Waals surface area contributed by atoms with Gasteiger partial charge >= 0.3 is 0 Å². The van der Waals surface area contributed by atoms with Crippen LogP contribution in [-0.2, 0) is 4.79 Å². The largest absolute Gasteiger partial charge is 0.353 e. The van der Waals surface area contributed by atoms with Gasteiger partial charge in [0.05, 0.1) is 12.0 Å². The minimum Gasteiger partial charge on any atom is -0.353 e. The van der Waals surface area contributed by atoms with Crippen LogP contribution in [0, 0.1) is 11.3 Å². The smallest absolute Gasteiger partial charge is 0.227 e. The lowest BCUT2D eigenvalue weighted by molar-refractivity contribution is -0.142. The number of carbonyl (C=O) groups is 1. The minimum absolute atomic E-state index is 0.0360. The molecule has 3 aliphatic carbocycles. The zero-order valence-corrected chi connectivity index (χ0v) is 25.8. The predicted molar refractivity (Wildman–Crippen MR) is 168 cm³/mol. The third-order valence-electron chi connectivity index (χ3n) is 10.8. The minimum atomic E-state index is -0.0360. The molecule has 1 N–H and O–H groups in total. The molecule has 2 saturated heterocycles. The van der Waals surface area contributed by atoms with Crippen molar-refractivity contribution >= 4 is 5.91 Å². The number of amides is 1. The van der Waals surface area contributed by atoms with Gasteiger partial charge < -0.3 is 5.32 Å². The molecule has 1 saturated carbocycles. The molecule has 4 heteroatoms. The van der Waals surface area contributed by atoms with Crippen molar-refractivity contribution in [3.05, 3.63) is 59.8 Å². The molecule has 0 aromatic rings. The molecule has 3 fully saturated rings. The van der Waals surface area contributed by atoms with Crippen LogP contribution in [0.2, 0.25) is 0 Å². The van der Waals surface area contributed by atoms with Crippen LogP contribution in [0.4, 0.5) is 0 Å². The number of nitrogens with one attached hydrogen (secondary N) is 1. The average molecular weight is 546 g/mol. The Morgan fingerprint density at radius 3 is 2.62 bits per heavy atom. The molecular formula is C36H55N3O. The summed E-state index contributed by atoms with van der Waals surface area (Å²) in [5, 5.41) is 3.37. The Morgan fingerprint density at radius 2 is 1.95 bits per heavy atom. The van der Waals surface area contributed by atoms with Crippen LogP contribution in [0.25, 0.3) is 0 Å². The standard InChI is InChI=1S/C36H55N3O/c1-6-23-39-32(8-3)36(4,5)34(39)31-18-13-24-38(31)33(29-15-12-14-26(7-2)25-29)27-19-21-28(22-20-27)35(40)37-30-16-10-9-11-17-30/h6,14,19-21,25,28,30-34H,1,7-13,15-18,22-24H2,2-5H3,(H,37,40). The molecular weight excluding hydrogens is 490 g/mol. The SMILES string of the molecule is C=CCN1C(CC)C(C)(C)C1C1CCCN1C(C1=CCC(C(=O)NC2CCCCC2)C=C1)C1=CC(CC)=CCC1. The number of carbonyl (C=O) groups excluding carboxylic acids is 1. The highest BCUT2D eigenvalue weighted by Crippen LogP contribution is 2.50. The van der Waals surface area contributed by atoms with Gasteiger partial charge in [-0.2, -0.15) is 0 Å². The van der Waals surface area contributed by atoms with E-state index >= 15 is 0 Å². The Balaban J connectivity index is 1.39. The van der Waals surface area contributed by atoms with Crippen LogP contribution in [0.5, 0.6) is 0 Å². The Hall–Kier alpha value is -1.91. The highest BCUT2D eigenvalue weighted by molar-refractivity contribution is 5.81. The number of likely N-dealkylation sites (tertiary alicyclic amines) is 2. The molecule has 220 valence electrons. The summed E-state index contributed by atoms with van der Waals surface area (Å²) in [6.45, 7) is 15.9. The summed E-state index contributed by atoms with van der Waals surface area (Å²) in [7, 11) is 0. The lowest BCUT2D eigenvalue weighted by Crippen LogP contribution is -2.74. The first kappa shape index (κ1) is 29.6. The molecule has 4 nitrogen and oxygen atoms in total. The van der Waals surface area contributed by atoms with E-state index in [1.165, 1.54) is 49.7 Å². The van der Waals surface area contributed by atoms with E-state index < -0.39 is 0 Å². The second kappa shape index (κ2) is 12.9. The summed E-state index contributed by atoms with van der Waals surface area (Å²) < 4.78 is 0. The van der Waals surface area contributed by atoms with Gasteiger partial charge in [0.2, 0.25) is 5.91 Å². The first-order chi connectivity index (χ1) is 19.4. The number of hydrogen-bond donors (Lipinski definition) is 1. The maximum absolute atomic E-state index is 13.2. The van der Waals surface area contributed by atoms with Crippen LogP contribution < -0.4 is 5.32 Å². The Bertz CT molecular complexity index is 1040. The maximum atomic E-state index is 13.2. The van der Waals surface area contributed by atoms with Crippen LogP contribution in [0.3, 0.4) is 0 Å². The molecule has 2 aliphatic heterocycles. The Labute approximate surface area is 244 Å². The molecule has 0 spiro atoms. The first-order valence-electron chi connectivity index (χ1n) is 16.6. The van der Waals surface area contributed by atoms with Crippen molar-refractivity contribution in [2.75, 3.05) is 13.1 Å². The highest BCUT2D eigenvalue weighted by Gasteiger charge is 2.58. The molecule has 0 aromatic carbocycles. The number of nitrogens with zero attached hydrogens (tertiary/aromatic N) is 2.